The van der Waals surface area contributed by atoms with Crippen LogP contribution in [0.2, 0.25) is 0 Å². The van der Waals surface area contributed by atoms with E-state index < -0.39 is 17.5 Å². The molecule has 2 N–H and O–H groups in total. The smallest absolute Gasteiger partial charge is 0.338 e. The van der Waals surface area contributed by atoms with E-state index in [4.69, 9.17) is 4.74 Å². The molecule has 2 aliphatic rings. The van der Waals surface area contributed by atoms with Crippen molar-refractivity contribution in [2.75, 3.05) is 29.9 Å². The van der Waals surface area contributed by atoms with Gasteiger partial charge in [-0.2, -0.15) is 0 Å². The second-order valence-corrected chi connectivity index (χ2v) is 6.96. The first-order valence-electron chi connectivity index (χ1n) is 9.11. The Kier molecular flexibility index (Phi) is 5.58. The van der Waals surface area contributed by atoms with Gasteiger partial charge in [-0.05, 0) is 69.2 Å². The summed E-state index contributed by atoms with van der Waals surface area (Å²) >= 11 is 0. The Balaban J connectivity index is 1.46. The number of benzene rings is 1. The fourth-order valence-electron chi connectivity index (χ4n) is 3.53. The van der Waals surface area contributed by atoms with Gasteiger partial charge in [0.25, 0.3) is 5.91 Å². The molecule has 3 rings (SSSR count). The SMILES string of the molecule is O=C(COC(=O)C1(O)CCCC1)Nc1ccc(N2CCCCC2)cc1. The van der Waals surface area contributed by atoms with E-state index in [1.807, 2.05) is 24.3 Å². The number of aliphatic hydroxyl groups is 1. The fourth-order valence-corrected chi connectivity index (χ4v) is 3.53. The minimum atomic E-state index is -1.41. The number of amides is 1. The van der Waals surface area contributed by atoms with Crippen LogP contribution < -0.4 is 10.2 Å². The molecule has 0 aromatic heterocycles. The summed E-state index contributed by atoms with van der Waals surface area (Å²) in [6.45, 7) is 1.77. The maximum atomic E-state index is 11.9. The number of carbonyl (C=O) groups excluding carboxylic acids is 2. The standard InChI is InChI=1S/C19H26N2O4/c22-17(14-25-18(23)19(24)10-2-3-11-19)20-15-6-8-16(9-7-15)21-12-4-1-5-13-21/h6-9,24H,1-5,10-14H2,(H,20,22). The van der Waals surface area contributed by atoms with Gasteiger partial charge in [-0.1, -0.05) is 0 Å². The molecular formula is C19H26N2O4. The second-order valence-electron chi connectivity index (χ2n) is 6.96. The van der Waals surface area contributed by atoms with Crippen molar-refractivity contribution >= 4 is 23.3 Å². The number of hydrogen-bond acceptors (Lipinski definition) is 5. The number of anilines is 2. The summed E-state index contributed by atoms with van der Waals surface area (Å²) in [6, 6.07) is 7.70. The molecule has 6 heteroatoms. The first-order chi connectivity index (χ1) is 12.1. The lowest BCUT2D eigenvalue weighted by Crippen LogP contribution is -2.38. The molecule has 1 amide bonds. The topological polar surface area (TPSA) is 78.9 Å². The second kappa shape index (κ2) is 7.87. The molecule has 1 saturated heterocycles. The molecule has 136 valence electrons. The normalized spacial score (nSPS) is 19.5. The number of ether oxygens (including phenoxy) is 1. The summed E-state index contributed by atoms with van der Waals surface area (Å²) in [5.41, 5.74) is 0.421. The molecule has 1 aromatic rings. The van der Waals surface area contributed by atoms with Gasteiger partial charge in [-0.15, -0.1) is 0 Å². The van der Waals surface area contributed by atoms with Crippen LogP contribution in [0.25, 0.3) is 0 Å². The van der Waals surface area contributed by atoms with Crippen molar-refractivity contribution in [3.05, 3.63) is 24.3 Å². The first-order valence-corrected chi connectivity index (χ1v) is 9.11. The Labute approximate surface area is 148 Å². The van der Waals surface area contributed by atoms with E-state index in [-0.39, 0.29) is 6.61 Å². The van der Waals surface area contributed by atoms with Gasteiger partial charge in [-0.25, -0.2) is 4.79 Å². The van der Waals surface area contributed by atoms with Crippen LogP contribution in [0.5, 0.6) is 0 Å². The van der Waals surface area contributed by atoms with Crippen LogP contribution in [0.3, 0.4) is 0 Å². The van der Waals surface area contributed by atoms with Gasteiger partial charge in [-0.3, -0.25) is 4.79 Å². The minimum absolute atomic E-state index is 0.380. The van der Waals surface area contributed by atoms with E-state index in [0.29, 0.717) is 18.5 Å². The summed E-state index contributed by atoms with van der Waals surface area (Å²) in [5, 5.41) is 12.8. The lowest BCUT2D eigenvalue weighted by Gasteiger charge is -2.28. The van der Waals surface area contributed by atoms with Crippen molar-refractivity contribution in [3.63, 3.8) is 0 Å². The molecule has 6 nitrogen and oxygen atoms in total. The lowest BCUT2D eigenvalue weighted by atomic mass is 10.0. The zero-order valence-corrected chi connectivity index (χ0v) is 14.5. The maximum absolute atomic E-state index is 11.9. The van der Waals surface area contributed by atoms with Crippen molar-refractivity contribution < 1.29 is 19.4 Å². The average Bonchev–Trinajstić information content (AvgIpc) is 3.09. The Morgan fingerprint density at radius 3 is 2.32 bits per heavy atom. The Morgan fingerprint density at radius 1 is 1.04 bits per heavy atom. The molecule has 1 saturated carbocycles. The van der Waals surface area contributed by atoms with Crippen LogP contribution >= 0.6 is 0 Å². The molecule has 25 heavy (non-hydrogen) atoms. The Hall–Kier alpha value is -2.08. The van der Waals surface area contributed by atoms with Gasteiger partial charge in [0.2, 0.25) is 0 Å². The quantitative estimate of drug-likeness (QED) is 0.801. The lowest BCUT2D eigenvalue weighted by molar-refractivity contribution is -0.166. The maximum Gasteiger partial charge on any atom is 0.338 e. The van der Waals surface area contributed by atoms with Crippen molar-refractivity contribution in [1.82, 2.24) is 0 Å². The van der Waals surface area contributed by atoms with Crippen LogP contribution in [0, 0.1) is 0 Å². The monoisotopic (exact) mass is 346 g/mol. The number of nitrogens with zero attached hydrogens (tertiary/aromatic N) is 1. The van der Waals surface area contributed by atoms with Crippen molar-refractivity contribution in [1.29, 1.82) is 0 Å². The van der Waals surface area contributed by atoms with Crippen LogP contribution in [0.4, 0.5) is 11.4 Å². The average molecular weight is 346 g/mol. The zero-order valence-electron chi connectivity index (χ0n) is 14.5. The van der Waals surface area contributed by atoms with E-state index in [9.17, 15) is 14.7 Å². The third-order valence-electron chi connectivity index (χ3n) is 5.02. The highest BCUT2D eigenvalue weighted by molar-refractivity contribution is 5.93. The van der Waals surface area contributed by atoms with Crippen LogP contribution in [-0.2, 0) is 14.3 Å². The van der Waals surface area contributed by atoms with Gasteiger partial charge >= 0.3 is 5.97 Å². The minimum Gasteiger partial charge on any atom is -0.453 e. The summed E-state index contributed by atoms with van der Waals surface area (Å²) in [6.07, 6.45) is 6.16. The number of esters is 1. The van der Waals surface area contributed by atoms with Gasteiger partial charge in [0.1, 0.15) is 0 Å². The van der Waals surface area contributed by atoms with Crippen molar-refractivity contribution in [3.8, 4) is 0 Å². The summed E-state index contributed by atoms with van der Waals surface area (Å²) in [4.78, 5) is 26.2. The summed E-state index contributed by atoms with van der Waals surface area (Å²) < 4.78 is 4.97. The number of nitrogens with one attached hydrogen (secondary N) is 1. The number of hydrogen-bond donors (Lipinski definition) is 2. The van der Waals surface area contributed by atoms with Gasteiger partial charge in [0, 0.05) is 24.5 Å². The van der Waals surface area contributed by atoms with Crippen LogP contribution in [0.1, 0.15) is 44.9 Å². The van der Waals surface area contributed by atoms with Crippen LogP contribution in [0.15, 0.2) is 24.3 Å². The van der Waals surface area contributed by atoms with Crippen molar-refractivity contribution in [2.45, 2.75) is 50.5 Å². The third kappa shape index (κ3) is 4.51. The highest BCUT2D eigenvalue weighted by atomic mass is 16.6. The molecular weight excluding hydrogens is 320 g/mol. The van der Waals surface area contributed by atoms with Gasteiger partial charge in [0.15, 0.2) is 12.2 Å². The Bertz CT molecular complexity index is 602. The van der Waals surface area contributed by atoms with E-state index in [1.165, 1.54) is 19.3 Å². The number of carbonyl (C=O) groups is 2. The van der Waals surface area contributed by atoms with Gasteiger partial charge in [0.05, 0.1) is 0 Å². The van der Waals surface area contributed by atoms with E-state index in [1.54, 1.807) is 0 Å². The fraction of sp³-hybridized carbons (Fsp3) is 0.579. The molecule has 1 aromatic carbocycles. The molecule has 1 aliphatic heterocycles. The largest absolute Gasteiger partial charge is 0.453 e. The van der Waals surface area contributed by atoms with Crippen molar-refractivity contribution in [2.24, 2.45) is 0 Å². The molecule has 0 bridgehead atoms. The highest BCUT2D eigenvalue weighted by Crippen LogP contribution is 2.30. The molecule has 1 heterocycles. The first kappa shape index (κ1) is 17.7. The third-order valence-corrected chi connectivity index (χ3v) is 5.02. The summed E-state index contributed by atoms with van der Waals surface area (Å²) in [7, 11) is 0. The predicted octanol–water partition coefficient (Wildman–Crippen LogP) is 2.46. The number of piperidine rings is 1. The number of rotatable bonds is 5. The molecule has 0 unspecified atom stereocenters. The van der Waals surface area contributed by atoms with E-state index in [0.717, 1.165) is 31.6 Å². The molecule has 1 aliphatic carbocycles. The molecule has 0 atom stereocenters. The molecule has 0 spiro atoms. The molecule has 0 radical (unpaired) electrons. The van der Waals surface area contributed by atoms with E-state index >= 15 is 0 Å². The Morgan fingerprint density at radius 2 is 1.68 bits per heavy atom. The van der Waals surface area contributed by atoms with Crippen LogP contribution in [-0.4, -0.2) is 42.3 Å². The zero-order chi connectivity index (χ0) is 17.7. The highest BCUT2D eigenvalue weighted by Gasteiger charge is 2.40. The van der Waals surface area contributed by atoms with Gasteiger partial charge < -0.3 is 20.1 Å². The summed E-state index contributed by atoms with van der Waals surface area (Å²) in [5.74, 6) is -1.10. The predicted molar refractivity (Wildman–Crippen MR) is 95.5 cm³/mol. The van der Waals surface area contributed by atoms with E-state index in [2.05, 4.69) is 10.2 Å². The molecule has 2 fully saturated rings.